The number of carbonyl (C=O) groups is 2. The molecule has 0 aromatic carbocycles. The van der Waals surface area contributed by atoms with Crippen LogP contribution >= 0.6 is 0 Å². The van der Waals surface area contributed by atoms with Crippen LogP contribution in [0.5, 0.6) is 0 Å². The van der Waals surface area contributed by atoms with Gasteiger partial charge in [-0.1, -0.05) is 0 Å². The number of hydrogen-bond acceptors (Lipinski definition) is 4. The van der Waals surface area contributed by atoms with Crippen molar-refractivity contribution in [1.29, 1.82) is 0 Å². The monoisotopic (exact) mass is 325 g/mol. The molecule has 4 heterocycles. The molecule has 2 aromatic rings. The van der Waals surface area contributed by atoms with Crippen LogP contribution in [0.25, 0.3) is 0 Å². The number of aromatic nitrogens is 3. The Morgan fingerprint density at radius 3 is 2.50 bits per heavy atom. The Balaban J connectivity index is 1.45. The van der Waals surface area contributed by atoms with Gasteiger partial charge in [0.2, 0.25) is 5.91 Å². The third-order valence-corrected chi connectivity index (χ3v) is 5.22. The van der Waals surface area contributed by atoms with Crippen molar-refractivity contribution in [2.75, 3.05) is 24.5 Å². The molecule has 2 amide bonds. The van der Waals surface area contributed by atoms with Crippen molar-refractivity contribution in [3.05, 3.63) is 42.7 Å². The lowest BCUT2D eigenvalue weighted by Crippen LogP contribution is -2.46. The first-order valence-corrected chi connectivity index (χ1v) is 8.19. The lowest BCUT2D eigenvalue weighted by Gasteiger charge is -2.37. The fourth-order valence-corrected chi connectivity index (χ4v) is 3.74. The van der Waals surface area contributed by atoms with E-state index in [9.17, 15) is 9.59 Å². The van der Waals surface area contributed by atoms with Gasteiger partial charge in [-0.05, 0) is 25.3 Å². The van der Waals surface area contributed by atoms with Gasteiger partial charge in [0, 0.05) is 32.0 Å². The number of likely N-dealkylation sites (tertiary alicyclic amines) is 1. The van der Waals surface area contributed by atoms with Crippen LogP contribution in [0.1, 0.15) is 29.6 Å². The van der Waals surface area contributed by atoms with Gasteiger partial charge in [-0.15, -0.1) is 0 Å². The molecule has 7 nitrogen and oxygen atoms in total. The molecule has 1 spiro atoms. The second-order valence-corrected chi connectivity index (χ2v) is 6.48. The minimum absolute atomic E-state index is 0.0323. The number of aromatic amines is 1. The van der Waals surface area contributed by atoms with E-state index in [0.29, 0.717) is 38.0 Å². The quantitative estimate of drug-likeness (QED) is 0.906. The first-order chi connectivity index (χ1) is 11.7. The molecular formula is C17H19N5O2. The van der Waals surface area contributed by atoms with E-state index in [4.69, 9.17) is 0 Å². The van der Waals surface area contributed by atoms with Gasteiger partial charge in [-0.2, -0.15) is 0 Å². The SMILES string of the molecule is O=C(c1cc[nH]c1)N1CCC2(CC1)CCN(c1cncnc1)C2=O. The largest absolute Gasteiger partial charge is 0.367 e. The smallest absolute Gasteiger partial charge is 0.255 e. The van der Waals surface area contributed by atoms with E-state index in [0.717, 1.165) is 12.1 Å². The van der Waals surface area contributed by atoms with Gasteiger partial charge in [0.1, 0.15) is 6.33 Å². The van der Waals surface area contributed by atoms with Crippen LogP contribution in [0.4, 0.5) is 5.69 Å². The van der Waals surface area contributed by atoms with E-state index in [1.807, 2.05) is 4.90 Å². The molecule has 0 saturated carbocycles. The Morgan fingerprint density at radius 1 is 1.12 bits per heavy atom. The molecular weight excluding hydrogens is 306 g/mol. The average molecular weight is 325 g/mol. The van der Waals surface area contributed by atoms with Crippen LogP contribution in [0.2, 0.25) is 0 Å². The van der Waals surface area contributed by atoms with Gasteiger partial charge in [-0.3, -0.25) is 9.59 Å². The predicted molar refractivity (Wildman–Crippen MR) is 87.4 cm³/mol. The number of nitrogens with zero attached hydrogens (tertiary/aromatic N) is 4. The van der Waals surface area contributed by atoms with E-state index >= 15 is 0 Å². The Hall–Kier alpha value is -2.70. The summed E-state index contributed by atoms with van der Waals surface area (Å²) in [6.07, 6.45) is 10.5. The third kappa shape index (κ3) is 2.36. The Labute approximate surface area is 139 Å². The summed E-state index contributed by atoms with van der Waals surface area (Å²) in [5.74, 6) is 0.177. The van der Waals surface area contributed by atoms with Crippen LogP contribution < -0.4 is 4.90 Å². The number of carbonyl (C=O) groups excluding carboxylic acids is 2. The van der Waals surface area contributed by atoms with Crippen molar-refractivity contribution in [3.63, 3.8) is 0 Å². The van der Waals surface area contributed by atoms with Gasteiger partial charge < -0.3 is 14.8 Å². The minimum Gasteiger partial charge on any atom is -0.367 e. The van der Waals surface area contributed by atoms with Crippen molar-refractivity contribution in [3.8, 4) is 0 Å². The van der Waals surface area contributed by atoms with Crippen molar-refractivity contribution in [1.82, 2.24) is 19.9 Å². The second kappa shape index (κ2) is 5.74. The summed E-state index contributed by atoms with van der Waals surface area (Å²) < 4.78 is 0. The number of H-pyrrole nitrogens is 1. The van der Waals surface area contributed by atoms with E-state index in [1.54, 1.807) is 35.8 Å². The normalized spacial score (nSPS) is 19.9. The van der Waals surface area contributed by atoms with Crippen molar-refractivity contribution >= 4 is 17.5 Å². The zero-order chi connectivity index (χ0) is 16.6. The van der Waals surface area contributed by atoms with Gasteiger partial charge in [-0.25, -0.2) is 9.97 Å². The molecule has 4 rings (SSSR count). The number of nitrogens with one attached hydrogen (secondary N) is 1. The average Bonchev–Trinajstić information content (AvgIpc) is 3.26. The molecule has 0 bridgehead atoms. The highest BCUT2D eigenvalue weighted by molar-refractivity contribution is 6.00. The lowest BCUT2D eigenvalue weighted by molar-refractivity contribution is -0.127. The summed E-state index contributed by atoms with van der Waals surface area (Å²) in [5, 5.41) is 0. The third-order valence-electron chi connectivity index (χ3n) is 5.22. The fraction of sp³-hybridized carbons (Fsp3) is 0.412. The Kier molecular flexibility index (Phi) is 3.55. The fourth-order valence-electron chi connectivity index (χ4n) is 3.74. The number of amides is 2. The summed E-state index contributed by atoms with van der Waals surface area (Å²) >= 11 is 0. The molecule has 0 atom stereocenters. The van der Waals surface area contributed by atoms with Gasteiger partial charge >= 0.3 is 0 Å². The molecule has 2 fully saturated rings. The first-order valence-electron chi connectivity index (χ1n) is 8.19. The van der Waals surface area contributed by atoms with Crippen molar-refractivity contribution in [2.24, 2.45) is 5.41 Å². The highest BCUT2D eigenvalue weighted by atomic mass is 16.2. The van der Waals surface area contributed by atoms with Crippen LogP contribution in [0.3, 0.4) is 0 Å². The summed E-state index contributed by atoms with van der Waals surface area (Å²) in [7, 11) is 0. The number of rotatable bonds is 2. The maximum Gasteiger partial charge on any atom is 0.255 e. The molecule has 2 aliphatic rings. The maximum absolute atomic E-state index is 12.9. The predicted octanol–water partition coefficient (Wildman–Crippen LogP) is 1.46. The first kappa shape index (κ1) is 14.9. The van der Waals surface area contributed by atoms with Crippen molar-refractivity contribution < 1.29 is 9.59 Å². The molecule has 2 saturated heterocycles. The summed E-state index contributed by atoms with van der Waals surface area (Å²) in [4.78, 5) is 39.9. The van der Waals surface area contributed by atoms with E-state index in [1.165, 1.54) is 6.33 Å². The molecule has 124 valence electrons. The number of piperidine rings is 1. The van der Waals surface area contributed by atoms with Crippen LogP contribution in [0.15, 0.2) is 37.2 Å². The zero-order valence-electron chi connectivity index (χ0n) is 13.3. The Morgan fingerprint density at radius 2 is 1.83 bits per heavy atom. The Bertz CT molecular complexity index is 736. The van der Waals surface area contributed by atoms with E-state index in [-0.39, 0.29) is 17.2 Å². The zero-order valence-corrected chi connectivity index (χ0v) is 13.3. The van der Waals surface area contributed by atoms with Gasteiger partial charge in [0.05, 0.1) is 29.1 Å². The summed E-state index contributed by atoms with van der Waals surface area (Å²) in [5.41, 5.74) is 1.09. The molecule has 24 heavy (non-hydrogen) atoms. The highest BCUT2D eigenvalue weighted by Crippen LogP contribution is 2.43. The van der Waals surface area contributed by atoms with Crippen molar-refractivity contribution in [2.45, 2.75) is 19.3 Å². The molecule has 0 radical (unpaired) electrons. The molecule has 1 N–H and O–H groups in total. The summed E-state index contributed by atoms with van der Waals surface area (Å²) in [6.45, 7) is 1.93. The summed E-state index contributed by atoms with van der Waals surface area (Å²) in [6, 6.07) is 1.78. The van der Waals surface area contributed by atoms with E-state index < -0.39 is 0 Å². The van der Waals surface area contributed by atoms with Crippen LogP contribution in [0, 0.1) is 5.41 Å². The molecule has 7 heteroatoms. The standard InChI is InChI=1S/C17H19N5O2/c23-15(13-1-5-18-9-13)21-6-2-17(3-7-21)4-8-22(16(17)24)14-10-19-12-20-11-14/h1,5,9-12,18H,2-4,6-8H2. The van der Waals surface area contributed by atoms with Crippen LogP contribution in [-0.4, -0.2) is 51.3 Å². The lowest BCUT2D eigenvalue weighted by atomic mass is 9.77. The molecule has 2 aromatic heterocycles. The molecule has 0 aliphatic carbocycles. The minimum atomic E-state index is -0.342. The number of anilines is 1. The number of hydrogen-bond donors (Lipinski definition) is 1. The van der Waals surface area contributed by atoms with Crippen LogP contribution in [-0.2, 0) is 4.79 Å². The van der Waals surface area contributed by atoms with Gasteiger partial charge in [0.15, 0.2) is 0 Å². The topological polar surface area (TPSA) is 82.2 Å². The van der Waals surface area contributed by atoms with Gasteiger partial charge in [0.25, 0.3) is 5.91 Å². The maximum atomic E-state index is 12.9. The molecule has 2 aliphatic heterocycles. The second-order valence-electron chi connectivity index (χ2n) is 6.48. The molecule has 0 unspecified atom stereocenters. The highest BCUT2D eigenvalue weighted by Gasteiger charge is 2.49. The van der Waals surface area contributed by atoms with E-state index in [2.05, 4.69) is 15.0 Å².